The maximum Gasteiger partial charge on any atom is 0.258 e. The van der Waals surface area contributed by atoms with Crippen molar-refractivity contribution in [2.75, 3.05) is 6.61 Å². The minimum absolute atomic E-state index is 0.206. The quantitative estimate of drug-likeness (QED) is 0.689. The largest absolute Gasteiger partial charge is 0.484 e. The molecule has 0 unspecified atom stereocenters. The van der Waals surface area contributed by atoms with Crippen molar-refractivity contribution in [1.82, 2.24) is 5.32 Å². The lowest BCUT2D eigenvalue weighted by molar-refractivity contribution is -0.128. The van der Waals surface area contributed by atoms with E-state index in [-0.39, 0.29) is 6.61 Å². The molecule has 1 atom stereocenters. The number of carbonyl (C=O) groups is 2. The number of hydrogen-bond donors (Lipinski definition) is 2. The Labute approximate surface area is 162 Å². The summed E-state index contributed by atoms with van der Waals surface area (Å²) in [5, 5.41) is 3.68. The molecule has 144 valence electrons. The van der Waals surface area contributed by atoms with Gasteiger partial charge in [0.05, 0.1) is 0 Å². The highest BCUT2D eigenvalue weighted by molar-refractivity contribution is 5.88. The summed E-state index contributed by atoms with van der Waals surface area (Å²) in [6.45, 7) is -0.206. The predicted octanol–water partition coefficient (Wildman–Crippen LogP) is 3.03. The van der Waals surface area contributed by atoms with Crippen molar-refractivity contribution in [1.29, 1.82) is 0 Å². The van der Waals surface area contributed by atoms with Crippen LogP contribution < -0.4 is 15.8 Å². The summed E-state index contributed by atoms with van der Waals surface area (Å²) < 4.78 is 11.6. The van der Waals surface area contributed by atoms with Crippen LogP contribution in [0.1, 0.15) is 35.8 Å². The standard InChI is InChI=1S/C22H22N2O4/c23-22(26)21(14-6-2-1-3-7-14)24-20(25)13-27-15-10-11-19-17(12-15)16-8-4-5-9-18(16)28-19/h1-3,6-7,10-12,21H,4-5,8-9,13H2,(H2,23,26)(H,24,25)/t21-/m0/s1. The first-order chi connectivity index (χ1) is 13.6. The van der Waals surface area contributed by atoms with E-state index in [0.717, 1.165) is 42.4 Å². The number of aryl methyl sites for hydroxylation is 2. The Balaban J connectivity index is 1.43. The fourth-order valence-corrected chi connectivity index (χ4v) is 3.65. The molecule has 1 aliphatic carbocycles. The molecule has 1 aliphatic rings. The molecule has 6 nitrogen and oxygen atoms in total. The van der Waals surface area contributed by atoms with E-state index in [0.29, 0.717) is 11.3 Å². The van der Waals surface area contributed by atoms with E-state index in [2.05, 4.69) is 5.32 Å². The lowest BCUT2D eigenvalue weighted by Gasteiger charge is -2.16. The zero-order valence-corrected chi connectivity index (χ0v) is 15.4. The number of benzene rings is 2. The second kappa shape index (κ2) is 7.76. The third kappa shape index (κ3) is 3.71. The molecule has 0 spiro atoms. The van der Waals surface area contributed by atoms with Gasteiger partial charge in [0.1, 0.15) is 23.1 Å². The number of rotatable bonds is 6. The Morgan fingerprint density at radius 3 is 2.68 bits per heavy atom. The van der Waals surface area contributed by atoms with Crippen LogP contribution in [0.15, 0.2) is 52.9 Å². The minimum Gasteiger partial charge on any atom is -0.484 e. The molecular weight excluding hydrogens is 356 g/mol. The predicted molar refractivity (Wildman–Crippen MR) is 105 cm³/mol. The smallest absolute Gasteiger partial charge is 0.258 e. The van der Waals surface area contributed by atoms with E-state index >= 15 is 0 Å². The zero-order valence-electron chi connectivity index (χ0n) is 15.4. The molecule has 0 fully saturated rings. The van der Waals surface area contributed by atoms with Crippen molar-refractivity contribution < 1.29 is 18.7 Å². The first-order valence-corrected chi connectivity index (χ1v) is 9.42. The average molecular weight is 378 g/mol. The Hall–Kier alpha value is -3.28. The number of fused-ring (bicyclic) bond motifs is 3. The number of furan rings is 1. The van der Waals surface area contributed by atoms with Gasteiger partial charge in [0.15, 0.2) is 6.61 Å². The van der Waals surface area contributed by atoms with Crippen LogP contribution in [-0.2, 0) is 22.4 Å². The molecule has 6 heteroatoms. The first kappa shape index (κ1) is 18.1. The number of carbonyl (C=O) groups excluding carboxylic acids is 2. The highest BCUT2D eigenvalue weighted by atomic mass is 16.5. The first-order valence-electron chi connectivity index (χ1n) is 9.42. The Morgan fingerprint density at radius 1 is 1.11 bits per heavy atom. The molecule has 0 saturated carbocycles. The van der Waals surface area contributed by atoms with Gasteiger partial charge in [0, 0.05) is 17.4 Å². The maximum absolute atomic E-state index is 12.3. The molecule has 3 N–H and O–H groups in total. The topological polar surface area (TPSA) is 94.6 Å². The fourth-order valence-electron chi connectivity index (χ4n) is 3.65. The van der Waals surface area contributed by atoms with Gasteiger partial charge in [-0.25, -0.2) is 0 Å². The molecule has 4 rings (SSSR count). The van der Waals surface area contributed by atoms with Gasteiger partial charge in [-0.2, -0.15) is 0 Å². The van der Waals surface area contributed by atoms with Gasteiger partial charge in [-0.15, -0.1) is 0 Å². The molecular formula is C22H22N2O4. The number of ether oxygens (including phenoxy) is 1. The number of hydrogen-bond acceptors (Lipinski definition) is 4. The lowest BCUT2D eigenvalue weighted by Crippen LogP contribution is -2.39. The highest BCUT2D eigenvalue weighted by Crippen LogP contribution is 2.33. The van der Waals surface area contributed by atoms with Crippen molar-refractivity contribution in [2.24, 2.45) is 5.73 Å². The zero-order chi connectivity index (χ0) is 19.5. The van der Waals surface area contributed by atoms with Crippen LogP contribution in [0.4, 0.5) is 0 Å². The van der Waals surface area contributed by atoms with E-state index in [1.165, 1.54) is 5.56 Å². The SMILES string of the molecule is NC(=O)[C@@H](NC(=O)COc1ccc2oc3c(c2c1)CCCC3)c1ccccc1. The third-order valence-electron chi connectivity index (χ3n) is 5.02. The molecule has 1 aromatic heterocycles. The summed E-state index contributed by atoms with van der Waals surface area (Å²) in [6, 6.07) is 13.6. The second-order valence-electron chi connectivity index (χ2n) is 6.97. The Morgan fingerprint density at radius 2 is 1.89 bits per heavy atom. The molecule has 2 amide bonds. The minimum atomic E-state index is -0.888. The molecule has 0 aliphatic heterocycles. The summed E-state index contributed by atoms with van der Waals surface area (Å²) in [5.74, 6) is 0.614. The van der Waals surface area contributed by atoms with Gasteiger partial charge < -0.3 is 20.2 Å². The van der Waals surface area contributed by atoms with Gasteiger partial charge in [0.2, 0.25) is 5.91 Å². The van der Waals surface area contributed by atoms with Crippen LogP contribution in [-0.4, -0.2) is 18.4 Å². The van der Waals surface area contributed by atoms with Crippen molar-refractivity contribution in [3.05, 3.63) is 65.4 Å². The molecule has 3 aromatic rings. The van der Waals surface area contributed by atoms with E-state index < -0.39 is 17.9 Å². The summed E-state index contributed by atoms with van der Waals surface area (Å²) in [6.07, 6.45) is 4.28. The van der Waals surface area contributed by atoms with Crippen molar-refractivity contribution >= 4 is 22.8 Å². The maximum atomic E-state index is 12.3. The van der Waals surface area contributed by atoms with Crippen LogP contribution in [0.3, 0.4) is 0 Å². The summed E-state index contributed by atoms with van der Waals surface area (Å²) in [7, 11) is 0. The van der Waals surface area contributed by atoms with Crippen LogP contribution in [0.5, 0.6) is 5.75 Å². The number of nitrogens with one attached hydrogen (secondary N) is 1. The Bertz CT molecular complexity index is 1010. The van der Waals surface area contributed by atoms with Gasteiger partial charge in [-0.3, -0.25) is 9.59 Å². The molecule has 0 bridgehead atoms. The molecule has 0 saturated heterocycles. The highest BCUT2D eigenvalue weighted by Gasteiger charge is 2.21. The van der Waals surface area contributed by atoms with Crippen LogP contribution in [0, 0.1) is 0 Å². The lowest BCUT2D eigenvalue weighted by atomic mass is 9.96. The molecule has 2 aromatic carbocycles. The molecule has 1 heterocycles. The van der Waals surface area contributed by atoms with E-state index in [9.17, 15) is 9.59 Å². The summed E-state index contributed by atoms with van der Waals surface area (Å²) in [4.78, 5) is 24.0. The Kier molecular flexibility index (Phi) is 5.02. The van der Waals surface area contributed by atoms with Crippen LogP contribution in [0.2, 0.25) is 0 Å². The summed E-state index contributed by atoms with van der Waals surface area (Å²) >= 11 is 0. The summed E-state index contributed by atoms with van der Waals surface area (Å²) in [5.41, 5.74) is 8.16. The van der Waals surface area contributed by atoms with Crippen LogP contribution in [0.25, 0.3) is 11.0 Å². The van der Waals surface area contributed by atoms with Gasteiger partial charge >= 0.3 is 0 Å². The number of nitrogens with two attached hydrogens (primary N) is 1. The number of primary amides is 1. The normalized spacial score (nSPS) is 14.3. The van der Waals surface area contributed by atoms with Crippen molar-refractivity contribution in [3.8, 4) is 5.75 Å². The second-order valence-corrected chi connectivity index (χ2v) is 6.97. The molecule has 0 radical (unpaired) electrons. The van der Waals surface area contributed by atoms with E-state index in [1.54, 1.807) is 30.3 Å². The monoisotopic (exact) mass is 378 g/mol. The van der Waals surface area contributed by atoms with E-state index in [4.69, 9.17) is 14.9 Å². The van der Waals surface area contributed by atoms with Gasteiger partial charge in [-0.1, -0.05) is 30.3 Å². The van der Waals surface area contributed by atoms with Crippen LogP contribution >= 0.6 is 0 Å². The average Bonchev–Trinajstić information content (AvgIpc) is 3.09. The fraction of sp³-hybridized carbons (Fsp3) is 0.273. The van der Waals surface area contributed by atoms with E-state index in [1.807, 2.05) is 18.2 Å². The van der Waals surface area contributed by atoms with Crippen molar-refractivity contribution in [3.63, 3.8) is 0 Å². The van der Waals surface area contributed by atoms with Gasteiger partial charge in [-0.05, 0) is 43.0 Å². The molecule has 28 heavy (non-hydrogen) atoms. The number of amides is 2. The third-order valence-corrected chi connectivity index (χ3v) is 5.02. The van der Waals surface area contributed by atoms with Gasteiger partial charge in [0.25, 0.3) is 5.91 Å². The van der Waals surface area contributed by atoms with Crippen molar-refractivity contribution in [2.45, 2.75) is 31.7 Å².